The highest BCUT2D eigenvalue weighted by Gasteiger charge is 2.48. The lowest BCUT2D eigenvalue weighted by molar-refractivity contribution is -0.139. The van der Waals surface area contributed by atoms with Crippen LogP contribution in [0.1, 0.15) is 16.8 Å². The Morgan fingerprint density at radius 1 is 1.32 bits per heavy atom. The maximum atomic E-state index is 11.7. The van der Waals surface area contributed by atoms with Gasteiger partial charge >= 0.3 is 11.9 Å². The van der Waals surface area contributed by atoms with Gasteiger partial charge in [0.1, 0.15) is 0 Å². The van der Waals surface area contributed by atoms with E-state index in [0.717, 1.165) is 0 Å². The second-order valence-corrected chi connectivity index (χ2v) is 4.35. The first-order valence-electron chi connectivity index (χ1n) is 5.75. The molecule has 1 fully saturated rings. The molecular weight excluding hydrogens is 250 g/mol. The minimum Gasteiger partial charge on any atom is -0.481 e. The molecule has 2 N–H and O–H groups in total. The third-order valence-corrected chi connectivity index (χ3v) is 3.00. The molecule has 0 aromatic heterocycles. The molecule has 0 radical (unpaired) electrons. The fourth-order valence-corrected chi connectivity index (χ4v) is 1.83. The summed E-state index contributed by atoms with van der Waals surface area (Å²) in [5.74, 6) is -2.87. The smallest absolute Gasteiger partial charge is 0.337 e. The van der Waals surface area contributed by atoms with E-state index in [0.29, 0.717) is 17.7 Å². The van der Waals surface area contributed by atoms with Crippen molar-refractivity contribution in [2.24, 2.45) is 11.8 Å². The molecule has 1 aromatic carbocycles. The molecule has 100 valence electrons. The fourth-order valence-electron chi connectivity index (χ4n) is 1.83. The van der Waals surface area contributed by atoms with Gasteiger partial charge in [-0.05, 0) is 24.6 Å². The summed E-state index contributed by atoms with van der Waals surface area (Å²) < 4.78 is 4.58. The molecule has 0 unspecified atom stereocenters. The van der Waals surface area contributed by atoms with E-state index in [1.165, 1.54) is 13.2 Å². The van der Waals surface area contributed by atoms with Crippen LogP contribution in [0.15, 0.2) is 24.3 Å². The number of hydrogen-bond acceptors (Lipinski definition) is 4. The minimum atomic E-state index is -0.955. The van der Waals surface area contributed by atoms with E-state index >= 15 is 0 Å². The topological polar surface area (TPSA) is 92.7 Å². The number of ether oxygens (including phenoxy) is 1. The highest BCUT2D eigenvalue weighted by atomic mass is 16.5. The first-order chi connectivity index (χ1) is 9.02. The fraction of sp³-hybridized carbons (Fsp3) is 0.308. The van der Waals surface area contributed by atoms with Gasteiger partial charge < -0.3 is 15.2 Å². The molecule has 0 heterocycles. The molecule has 0 aliphatic heterocycles. The molecule has 1 aromatic rings. The SMILES string of the molecule is COC(=O)c1cccc(NC(=O)[C@@H]2C[C@@H]2C(=O)O)c1. The first-order valence-corrected chi connectivity index (χ1v) is 5.75. The van der Waals surface area contributed by atoms with Crippen molar-refractivity contribution in [1.29, 1.82) is 0 Å². The number of nitrogens with one attached hydrogen (secondary N) is 1. The van der Waals surface area contributed by atoms with Crippen LogP contribution in [0.5, 0.6) is 0 Å². The molecule has 0 saturated heterocycles. The van der Waals surface area contributed by atoms with Crippen LogP contribution in [-0.2, 0) is 14.3 Å². The Labute approximate surface area is 109 Å². The number of carbonyl (C=O) groups excluding carboxylic acids is 2. The van der Waals surface area contributed by atoms with Gasteiger partial charge in [-0.1, -0.05) is 6.07 Å². The average molecular weight is 263 g/mol. The van der Waals surface area contributed by atoms with Gasteiger partial charge in [0, 0.05) is 5.69 Å². The van der Waals surface area contributed by atoms with Gasteiger partial charge in [-0.2, -0.15) is 0 Å². The van der Waals surface area contributed by atoms with Crippen LogP contribution in [-0.4, -0.2) is 30.1 Å². The lowest BCUT2D eigenvalue weighted by atomic mass is 10.2. The highest BCUT2D eigenvalue weighted by molar-refractivity contribution is 5.99. The first kappa shape index (κ1) is 13.1. The number of methoxy groups -OCH3 is 1. The summed E-state index contributed by atoms with van der Waals surface area (Å²) in [5.41, 5.74) is 0.773. The second-order valence-electron chi connectivity index (χ2n) is 4.35. The van der Waals surface area contributed by atoms with Gasteiger partial charge in [0.25, 0.3) is 0 Å². The van der Waals surface area contributed by atoms with E-state index in [-0.39, 0.29) is 5.91 Å². The molecule has 1 amide bonds. The lowest BCUT2D eigenvalue weighted by Crippen LogP contribution is -2.17. The summed E-state index contributed by atoms with van der Waals surface area (Å²) >= 11 is 0. The number of carboxylic acid groups (broad SMARTS) is 1. The van der Waals surface area contributed by atoms with Crippen molar-refractivity contribution in [3.8, 4) is 0 Å². The molecule has 1 aliphatic carbocycles. The Hall–Kier alpha value is -2.37. The van der Waals surface area contributed by atoms with Crippen LogP contribution < -0.4 is 5.32 Å². The van der Waals surface area contributed by atoms with Gasteiger partial charge in [-0.3, -0.25) is 9.59 Å². The molecule has 0 spiro atoms. The van der Waals surface area contributed by atoms with Crippen molar-refractivity contribution < 1.29 is 24.2 Å². The number of benzene rings is 1. The largest absolute Gasteiger partial charge is 0.481 e. The predicted octanol–water partition coefficient (Wildman–Crippen LogP) is 1.13. The van der Waals surface area contributed by atoms with Crippen molar-refractivity contribution in [1.82, 2.24) is 0 Å². The summed E-state index contributed by atoms with van der Waals surface area (Å²) in [6.07, 6.45) is 0.359. The number of amides is 1. The molecule has 19 heavy (non-hydrogen) atoms. The van der Waals surface area contributed by atoms with E-state index < -0.39 is 23.8 Å². The molecule has 1 aliphatic rings. The molecule has 6 nitrogen and oxygen atoms in total. The Kier molecular flexibility index (Phi) is 3.50. The second kappa shape index (κ2) is 5.09. The van der Waals surface area contributed by atoms with Crippen LogP contribution in [0.25, 0.3) is 0 Å². The predicted molar refractivity (Wildman–Crippen MR) is 65.6 cm³/mol. The summed E-state index contributed by atoms with van der Waals surface area (Å²) in [6, 6.07) is 6.30. The van der Waals surface area contributed by atoms with Crippen LogP contribution in [0.4, 0.5) is 5.69 Å². The number of esters is 1. The zero-order chi connectivity index (χ0) is 14.0. The quantitative estimate of drug-likeness (QED) is 0.794. The lowest BCUT2D eigenvalue weighted by Gasteiger charge is -2.06. The third kappa shape index (κ3) is 2.90. The number of aliphatic carboxylic acids is 1. The van der Waals surface area contributed by atoms with Gasteiger partial charge in [-0.15, -0.1) is 0 Å². The molecule has 6 heteroatoms. The van der Waals surface area contributed by atoms with Crippen LogP contribution in [0.2, 0.25) is 0 Å². The zero-order valence-corrected chi connectivity index (χ0v) is 10.3. The van der Waals surface area contributed by atoms with Gasteiger partial charge in [0.05, 0.1) is 24.5 Å². The molecular formula is C13H13NO5. The Balaban J connectivity index is 2.02. The normalized spacial score (nSPS) is 20.5. The van der Waals surface area contributed by atoms with Crippen molar-refractivity contribution in [2.45, 2.75) is 6.42 Å². The van der Waals surface area contributed by atoms with Gasteiger partial charge in [0.15, 0.2) is 0 Å². The Bertz CT molecular complexity index is 540. The number of rotatable bonds is 4. The van der Waals surface area contributed by atoms with Crippen LogP contribution in [0.3, 0.4) is 0 Å². The van der Waals surface area contributed by atoms with Crippen LogP contribution in [0, 0.1) is 11.8 Å². The van der Waals surface area contributed by atoms with E-state index in [4.69, 9.17) is 5.11 Å². The number of carboxylic acids is 1. The van der Waals surface area contributed by atoms with E-state index in [9.17, 15) is 14.4 Å². The Morgan fingerprint density at radius 2 is 2.05 bits per heavy atom. The highest BCUT2D eigenvalue weighted by Crippen LogP contribution is 2.39. The zero-order valence-electron chi connectivity index (χ0n) is 10.3. The Morgan fingerprint density at radius 3 is 2.63 bits per heavy atom. The van der Waals surface area contributed by atoms with Crippen molar-refractivity contribution >= 4 is 23.5 Å². The number of carbonyl (C=O) groups is 3. The standard InChI is InChI=1S/C13H13NO5/c1-19-13(18)7-3-2-4-8(5-7)14-11(15)9-6-10(9)12(16)17/h2-5,9-10H,6H2,1H3,(H,14,15)(H,16,17)/t9-,10+/m1/s1. The molecule has 2 rings (SSSR count). The van der Waals surface area contributed by atoms with E-state index in [1.807, 2.05) is 0 Å². The molecule has 2 atom stereocenters. The van der Waals surface area contributed by atoms with E-state index in [2.05, 4.69) is 10.1 Å². The van der Waals surface area contributed by atoms with Gasteiger partial charge in [-0.25, -0.2) is 4.79 Å². The maximum absolute atomic E-state index is 11.7. The molecule has 1 saturated carbocycles. The summed E-state index contributed by atoms with van der Waals surface area (Å²) in [7, 11) is 1.27. The third-order valence-electron chi connectivity index (χ3n) is 3.00. The van der Waals surface area contributed by atoms with Crippen molar-refractivity contribution in [3.05, 3.63) is 29.8 Å². The minimum absolute atomic E-state index is 0.325. The van der Waals surface area contributed by atoms with E-state index in [1.54, 1.807) is 18.2 Å². The van der Waals surface area contributed by atoms with Crippen molar-refractivity contribution in [3.63, 3.8) is 0 Å². The summed E-state index contributed by atoms with van der Waals surface area (Å²) in [4.78, 5) is 33.7. The van der Waals surface area contributed by atoms with Crippen LogP contribution >= 0.6 is 0 Å². The van der Waals surface area contributed by atoms with Gasteiger partial charge in [0.2, 0.25) is 5.91 Å². The summed E-state index contributed by atoms with van der Waals surface area (Å²) in [5, 5.41) is 11.3. The summed E-state index contributed by atoms with van der Waals surface area (Å²) in [6.45, 7) is 0. The van der Waals surface area contributed by atoms with Crippen molar-refractivity contribution in [2.75, 3.05) is 12.4 Å². The number of anilines is 1. The monoisotopic (exact) mass is 263 g/mol. The number of hydrogen-bond donors (Lipinski definition) is 2. The molecule has 0 bridgehead atoms. The average Bonchev–Trinajstić information content (AvgIpc) is 3.18. The maximum Gasteiger partial charge on any atom is 0.337 e.